The number of allylic oxidation sites excluding steroid dienone is 2. The molecule has 1 aromatic rings. The SMILES string of the molecule is C/C=C(\C)C(=O)O[C@@H]1[C@@H](C)[C@]2(O)[C@H]3C=C(C)C(=O)[C@H]3CC(CO)=C[C@H]2[C@@H]2C(C)(C)[C@]12OC(=O)Cc1ccccc1. The molecule has 0 radical (unpaired) electrons. The summed E-state index contributed by atoms with van der Waals surface area (Å²) >= 11 is 0. The zero-order chi connectivity index (χ0) is 29.2. The molecule has 40 heavy (non-hydrogen) atoms. The lowest BCUT2D eigenvalue weighted by molar-refractivity contribution is -0.218. The van der Waals surface area contributed by atoms with Crippen molar-refractivity contribution in [2.75, 3.05) is 6.61 Å². The summed E-state index contributed by atoms with van der Waals surface area (Å²) in [6, 6.07) is 9.32. The zero-order valence-electron chi connectivity index (χ0n) is 24.1. The summed E-state index contributed by atoms with van der Waals surface area (Å²) in [6.45, 7) is 10.7. The van der Waals surface area contributed by atoms with Gasteiger partial charge in [0.15, 0.2) is 11.4 Å². The minimum Gasteiger partial charge on any atom is -0.454 e. The molecule has 1 aromatic carbocycles. The van der Waals surface area contributed by atoms with Crippen molar-refractivity contribution in [3.63, 3.8) is 0 Å². The molecule has 2 fully saturated rings. The minimum absolute atomic E-state index is 0.0369. The Labute approximate surface area is 235 Å². The lowest BCUT2D eigenvalue weighted by atomic mass is 9.59. The summed E-state index contributed by atoms with van der Waals surface area (Å²) in [7, 11) is 0. The third-order valence-electron chi connectivity index (χ3n) is 10.3. The molecule has 0 aliphatic heterocycles. The number of esters is 2. The molecular formula is C33H40O7. The van der Waals surface area contributed by atoms with E-state index in [4.69, 9.17) is 9.47 Å². The van der Waals surface area contributed by atoms with Crippen LogP contribution in [0.1, 0.15) is 53.5 Å². The molecule has 214 valence electrons. The second-order valence-electron chi connectivity index (χ2n) is 12.7. The average molecular weight is 549 g/mol. The highest BCUT2D eigenvalue weighted by Crippen LogP contribution is 2.77. The maximum atomic E-state index is 13.5. The lowest BCUT2D eigenvalue weighted by Crippen LogP contribution is -2.63. The molecule has 4 aliphatic rings. The number of ketones is 1. The van der Waals surface area contributed by atoms with E-state index in [1.165, 1.54) is 0 Å². The van der Waals surface area contributed by atoms with Gasteiger partial charge in [0.05, 0.1) is 18.6 Å². The van der Waals surface area contributed by atoms with E-state index in [2.05, 4.69) is 0 Å². The first kappa shape index (κ1) is 28.5. The molecule has 0 spiro atoms. The van der Waals surface area contributed by atoms with E-state index in [0.29, 0.717) is 23.1 Å². The third kappa shape index (κ3) is 3.96. The van der Waals surface area contributed by atoms with Crippen LogP contribution in [0.3, 0.4) is 0 Å². The Bertz CT molecular complexity index is 1320. The first-order valence-corrected chi connectivity index (χ1v) is 14.2. The van der Waals surface area contributed by atoms with Crippen molar-refractivity contribution < 1.29 is 34.1 Å². The topological polar surface area (TPSA) is 110 Å². The Kier molecular flexibility index (Phi) is 6.99. The first-order valence-electron chi connectivity index (χ1n) is 14.2. The molecule has 7 heteroatoms. The van der Waals surface area contributed by atoms with Gasteiger partial charge < -0.3 is 19.7 Å². The van der Waals surface area contributed by atoms with Crippen LogP contribution in [0.2, 0.25) is 0 Å². The van der Waals surface area contributed by atoms with Crippen LogP contribution in [0.5, 0.6) is 0 Å². The number of benzene rings is 1. The fourth-order valence-electron chi connectivity index (χ4n) is 8.07. The fourth-order valence-corrected chi connectivity index (χ4v) is 8.07. The molecule has 0 amide bonds. The van der Waals surface area contributed by atoms with Gasteiger partial charge in [-0.3, -0.25) is 9.59 Å². The predicted molar refractivity (Wildman–Crippen MR) is 149 cm³/mol. The van der Waals surface area contributed by atoms with Crippen LogP contribution in [-0.2, 0) is 30.3 Å². The number of aliphatic hydroxyl groups is 2. The second-order valence-corrected chi connectivity index (χ2v) is 12.7. The molecule has 4 aliphatic carbocycles. The van der Waals surface area contributed by atoms with Gasteiger partial charge in [-0.1, -0.05) is 69.3 Å². The first-order chi connectivity index (χ1) is 18.8. The number of ether oxygens (including phenoxy) is 2. The third-order valence-corrected chi connectivity index (χ3v) is 10.3. The molecule has 8 atom stereocenters. The minimum atomic E-state index is -1.47. The Balaban J connectivity index is 1.64. The van der Waals surface area contributed by atoms with Crippen LogP contribution in [0.4, 0.5) is 0 Å². The molecule has 0 bridgehead atoms. The highest BCUT2D eigenvalue weighted by Gasteiger charge is 2.87. The normalized spacial score (nSPS) is 37.7. The van der Waals surface area contributed by atoms with Crippen molar-refractivity contribution in [3.05, 3.63) is 70.8 Å². The van der Waals surface area contributed by atoms with Crippen molar-refractivity contribution >= 4 is 17.7 Å². The summed E-state index contributed by atoms with van der Waals surface area (Å²) in [4.78, 5) is 39.9. The molecule has 7 nitrogen and oxygen atoms in total. The number of rotatable bonds is 6. The highest BCUT2D eigenvalue weighted by molar-refractivity contribution is 6.00. The number of aliphatic hydroxyl groups excluding tert-OH is 1. The Morgan fingerprint density at radius 2 is 1.80 bits per heavy atom. The number of hydrogen-bond acceptors (Lipinski definition) is 7. The van der Waals surface area contributed by atoms with Crippen LogP contribution in [0.15, 0.2) is 65.3 Å². The summed E-state index contributed by atoms with van der Waals surface area (Å²) in [5, 5.41) is 23.0. The van der Waals surface area contributed by atoms with Crippen LogP contribution in [0.25, 0.3) is 0 Å². The van der Waals surface area contributed by atoms with E-state index in [1.807, 2.05) is 63.3 Å². The molecular weight excluding hydrogens is 508 g/mol. The van der Waals surface area contributed by atoms with Gasteiger partial charge in [0.25, 0.3) is 0 Å². The summed E-state index contributed by atoms with van der Waals surface area (Å²) in [5.41, 5.74) is -0.845. The summed E-state index contributed by atoms with van der Waals surface area (Å²) in [5.74, 6) is -3.69. The van der Waals surface area contributed by atoms with Gasteiger partial charge in [-0.2, -0.15) is 0 Å². The second kappa shape index (κ2) is 9.81. The van der Waals surface area contributed by atoms with Gasteiger partial charge in [-0.15, -0.1) is 0 Å². The summed E-state index contributed by atoms with van der Waals surface area (Å²) < 4.78 is 12.6. The predicted octanol–water partition coefficient (Wildman–Crippen LogP) is 4.13. The maximum absolute atomic E-state index is 13.5. The molecule has 0 aromatic heterocycles. The van der Waals surface area contributed by atoms with Crippen LogP contribution >= 0.6 is 0 Å². The fraction of sp³-hybridized carbons (Fsp3) is 0.545. The van der Waals surface area contributed by atoms with Crippen molar-refractivity contribution in [3.8, 4) is 0 Å². The lowest BCUT2D eigenvalue weighted by Gasteiger charge is -2.52. The summed E-state index contributed by atoms with van der Waals surface area (Å²) in [6.07, 6.45) is 4.86. The smallest absolute Gasteiger partial charge is 0.333 e. The monoisotopic (exact) mass is 548 g/mol. The standard InChI is InChI=1S/C33H40O7/c1-7-18(2)30(37)39-29-20(4)32(38)24-13-19(3)27(36)23(24)14-22(17-34)15-25(32)28-31(5,6)33(28,29)40-26(35)16-21-11-9-8-10-12-21/h7-13,15,20,23-25,28-29,34,38H,14,16-17H2,1-6H3/b18-7+/t20-,23+,24+,25+,28-,29-,32+,33-/m1/s1. The van der Waals surface area contributed by atoms with E-state index in [-0.39, 0.29) is 18.8 Å². The zero-order valence-corrected chi connectivity index (χ0v) is 24.1. The van der Waals surface area contributed by atoms with Crippen molar-refractivity contribution in [2.45, 2.75) is 71.7 Å². The van der Waals surface area contributed by atoms with Gasteiger partial charge in [0.1, 0.15) is 6.10 Å². The van der Waals surface area contributed by atoms with Gasteiger partial charge in [-0.25, -0.2) is 4.79 Å². The van der Waals surface area contributed by atoms with E-state index >= 15 is 0 Å². The molecule has 2 saturated carbocycles. The molecule has 5 rings (SSSR count). The van der Waals surface area contributed by atoms with Crippen LogP contribution in [0, 0.1) is 35.0 Å². The van der Waals surface area contributed by atoms with Gasteiger partial charge >= 0.3 is 11.9 Å². The Morgan fingerprint density at radius 1 is 1.12 bits per heavy atom. The van der Waals surface area contributed by atoms with E-state index in [9.17, 15) is 24.6 Å². The largest absolute Gasteiger partial charge is 0.454 e. The van der Waals surface area contributed by atoms with Gasteiger partial charge in [0.2, 0.25) is 0 Å². The van der Waals surface area contributed by atoms with Crippen LogP contribution in [-0.4, -0.2) is 51.8 Å². The maximum Gasteiger partial charge on any atom is 0.333 e. The van der Waals surface area contributed by atoms with E-state index < -0.39 is 64.2 Å². The van der Waals surface area contributed by atoms with Crippen LogP contribution < -0.4 is 0 Å². The number of carbonyl (C=O) groups is 3. The highest BCUT2D eigenvalue weighted by atomic mass is 16.6. The number of hydrogen-bond donors (Lipinski definition) is 2. The van der Waals surface area contributed by atoms with Crippen molar-refractivity contribution in [1.82, 2.24) is 0 Å². The molecule has 2 N–H and O–H groups in total. The van der Waals surface area contributed by atoms with E-state index in [0.717, 1.165) is 5.56 Å². The molecule has 0 unspecified atom stereocenters. The number of fused-ring (bicyclic) bond motifs is 5. The number of Topliss-reactive ketones (excluding diaryl/α,β-unsaturated/α-hetero) is 1. The van der Waals surface area contributed by atoms with Gasteiger partial charge in [-0.05, 0) is 43.9 Å². The van der Waals surface area contributed by atoms with Crippen molar-refractivity contribution in [2.24, 2.45) is 35.0 Å². The quantitative estimate of drug-likeness (QED) is 0.313. The number of carbonyl (C=O) groups excluding carboxylic acids is 3. The Morgan fingerprint density at radius 3 is 2.42 bits per heavy atom. The molecule has 0 saturated heterocycles. The average Bonchev–Trinajstić information content (AvgIpc) is 3.32. The Hall–Kier alpha value is -3.03. The van der Waals surface area contributed by atoms with Crippen molar-refractivity contribution in [1.29, 1.82) is 0 Å². The van der Waals surface area contributed by atoms with Gasteiger partial charge in [0, 0.05) is 40.6 Å². The van der Waals surface area contributed by atoms with E-state index in [1.54, 1.807) is 26.8 Å². The molecule has 0 heterocycles.